The zero-order chi connectivity index (χ0) is 19.6. The van der Waals surface area contributed by atoms with Crippen LogP contribution in [0.15, 0.2) is 41.3 Å². The second-order valence-corrected chi connectivity index (χ2v) is 9.32. The molecule has 0 bridgehead atoms. The van der Waals surface area contributed by atoms with Crippen LogP contribution in [0.3, 0.4) is 0 Å². The second kappa shape index (κ2) is 8.00. The van der Waals surface area contributed by atoms with E-state index in [4.69, 9.17) is 4.74 Å². The molecular weight excluding hydrogens is 360 g/mol. The maximum atomic E-state index is 13.1. The summed E-state index contributed by atoms with van der Waals surface area (Å²) < 4.78 is 33.2. The molecule has 0 amide bonds. The SMILES string of the molecule is COc1ccc(C)cc1C[NH+]1CCN(S(=O)(=O)c2cc(C)ccc2C)CC1. The molecule has 1 N–H and O–H groups in total. The molecule has 2 aromatic rings. The van der Waals surface area contributed by atoms with Crippen molar-refractivity contribution in [2.24, 2.45) is 0 Å². The highest BCUT2D eigenvalue weighted by atomic mass is 32.2. The van der Waals surface area contributed by atoms with Gasteiger partial charge in [-0.2, -0.15) is 4.31 Å². The highest BCUT2D eigenvalue weighted by molar-refractivity contribution is 7.89. The maximum absolute atomic E-state index is 13.1. The van der Waals surface area contributed by atoms with E-state index in [1.165, 1.54) is 16.0 Å². The number of ether oxygens (including phenoxy) is 1. The number of nitrogens with zero attached hydrogens (tertiary/aromatic N) is 1. The lowest BCUT2D eigenvalue weighted by molar-refractivity contribution is -0.917. The lowest BCUT2D eigenvalue weighted by Gasteiger charge is -2.32. The van der Waals surface area contributed by atoms with E-state index in [-0.39, 0.29) is 0 Å². The molecule has 1 fully saturated rings. The van der Waals surface area contributed by atoms with Gasteiger partial charge in [-0.3, -0.25) is 0 Å². The zero-order valence-electron chi connectivity index (χ0n) is 16.6. The molecule has 3 rings (SSSR count). The van der Waals surface area contributed by atoms with Crippen molar-refractivity contribution >= 4 is 10.0 Å². The Morgan fingerprint density at radius 1 is 1.00 bits per heavy atom. The van der Waals surface area contributed by atoms with Crippen LogP contribution >= 0.6 is 0 Å². The molecule has 1 aliphatic heterocycles. The van der Waals surface area contributed by atoms with Gasteiger partial charge in [-0.25, -0.2) is 8.42 Å². The van der Waals surface area contributed by atoms with Crippen LogP contribution in [0.25, 0.3) is 0 Å². The molecular formula is C21H29N2O3S+. The number of hydrogen-bond acceptors (Lipinski definition) is 3. The zero-order valence-corrected chi connectivity index (χ0v) is 17.4. The third-order valence-electron chi connectivity index (χ3n) is 5.27. The number of aryl methyl sites for hydroxylation is 3. The minimum atomic E-state index is -3.44. The average molecular weight is 390 g/mol. The molecule has 0 atom stereocenters. The van der Waals surface area contributed by atoms with Crippen molar-refractivity contribution in [3.8, 4) is 5.75 Å². The minimum absolute atomic E-state index is 0.436. The van der Waals surface area contributed by atoms with Crippen LogP contribution < -0.4 is 9.64 Å². The molecule has 0 radical (unpaired) electrons. The van der Waals surface area contributed by atoms with E-state index < -0.39 is 10.0 Å². The van der Waals surface area contributed by atoms with Crippen molar-refractivity contribution in [3.05, 3.63) is 58.7 Å². The smallest absolute Gasteiger partial charge is 0.243 e. The Bertz CT molecular complexity index is 917. The van der Waals surface area contributed by atoms with Crippen LogP contribution in [-0.2, 0) is 16.6 Å². The highest BCUT2D eigenvalue weighted by Crippen LogP contribution is 2.22. The molecule has 0 saturated carbocycles. The predicted molar refractivity (Wildman–Crippen MR) is 107 cm³/mol. The highest BCUT2D eigenvalue weighted by Gasteiger charge is 2.31. The van der Waals surface area contributed by atoms with Crippen molar-refractivity contribution in [3.63, 3.8) is 0 Å². The summed E-state index contributed by atoms with van der Waals surface area (Å²) in [5.41, 5.74) is 4.16. The van der Waals surface area contributed by atoms with E-state index >= 15 is 0 Å². The van der Waals surface area contributed by atoms with Gasteiger partial charge >= 0.3 is 0 Å². The van der Waals surface area contributed by atoms with Crippen molar-refractivity contribution in [1.29, 1.82) is 0 Å². The fourth-order valence-electron chi connectivity index (χ4n) is 3.66. The number of sulfonamides is 1. The largest absolute Gasteiger partial charge is 0.496 e. The number of rotatable bonds is 5. The van der Waals surface area contributed by atoms with Crippen molar-refractivity contribution in [2.75, 3.05) is 33.3 Å². The van der Waals surface area contributed by atoms with Gasteiger partial charge in [-0.15, -0.1) is 0 Å². The molecule has 0 aromatic heterocycles. The number of benzene rings is 2. The van der Waals surface area contributed by atoms with Gasteiger partial charge in [0.1, 0.15) is 12.3 Å². The summed E-state index contributed by atoms with van der Waals surface area (Å²) in [6, 6.07) is 11.8. The average Bonchev–Trinajstić information content (AvgIpc) is 2.64. The second-order valence-electron chi connectivity index (χ2n) is 7.42. The molecule has 0 aliphatic carbocycles. The summed E-state index contributed by atoms with van der Waals surface area (Å²) >= 11 is 0. The number of nitrogens with one attached hydrogen (secondary N) is 1. The fourth-order valence-corrected chi connectivity index (χ4v) is 5.41. The van der Waals surface area contributed by atoms with Crippen LogP contribution in [0.1, 0.15) is 22.3 Å². The van der Waals surface area contributed by atoms with Gasteiger partial charge in [0.05, 0.1) is 38.2 Å². The molecule has 27 heavy (non-hydrogen) atoms. The molecule has 6 heteroatoms. The predicted octanol–water partition coefficient (Wildman–Crippen LogP) is 1.71. The van der Waals surface area contributed by atoms with Gasteiger partial charge in [0.25, 0.3) is 0 Å². The quantitative estimate of drug-likeness (QED) is 0.847. The normalized spacial score (nSPS) is 16.4. The monoisotopic (exact) mass is 389 g/mol. The molecule has 146 valence electrons. The van der Waals surface area contributed by atoms with Gasteiger partial charge in [-0.1, -0.05) is 23.8 Å². The van der Waals surface area contributed by atoms with Gasteiger partial charge < -0.3 is 9.64 Å². The van der Waals surface area contributed by atoms with Crippen LogP contribution in [0.4, 0.5) is 0 Å². The lowest BCUT2D eigenvalue weighted by atomic mass is 10.1. The summed E-state index contributed by atoms with van der Waals surface area (Å²) in [5, 5.41) is 0. The molecule has 1 heterocycles. The molecule has 1 aliphatic rings. The van der Waals surface area contributed by atoms with Gasteiger partial charge in [0, 0.05) is 5.56 Å². The van der Waals surface area contributed by atoms with Gasteiger partial charge in [0.2, 0.25) is 10.0 Å². The topological polar surface area (TPSA) is 51.1 Å². The number of piperazine rings is 1. The van der Waals surface area contributed by atoms with Gasteiger partial charge in [0.15, 0.2) is 0 Å². The van der Waals surface area contributed by atoms with Crippen molar-refractivity contribution in [1.82, 2.24) is 4.31 Å². The van der Waals surface area contributed by atoms with E-state index in [2.05, 4.69) is 13.0 Å². The van der Waals surface area contributed by atoms with Crippen molar-refractivity contribution < 1.29 is 18.1 Å². The molecule has 2 aromatic carbocycles. The number of methoxy groups -OCH3 is 1. The van der Waals surface area contributed by atoms with E-state index in [0.717, 1.165) is 36.5 Å². The Morgan fingerprint density at radius 3 is 2.30 bits per heavy atom. The Balaban J connectivity index is 1.70. The van der Waals surface area contributed by atoms with Gasteiger partial charge in [-0.05, 0) is 50.1 Å². The third kappa shape index (κ3) is 4.34. The first-order chi connectivity index (χ1) is 12.8. The Kier molecular flexibility index (Phi) is 5.89. The third-order valence-corrected chi connectivity index (χ3v) is 7.31. The number of quaternary nitrogens is 1. The molecule has 0 spiro atoms. The first-order valence-electron chi connectivity index (χ1n) is 9.36. The maximum Gasteiger partial charge on any atom is 0.243 e. The van der Waals surface area contributed by atoms with E-state index in [9.17, 15) is 8.42 Å². The van der Waals surface area contributed by atoms with Crippen molar-refractivity contribution in [2.45, 2.75) is 32.2 Å². The standard InChI is InChI=1S/C21H28N2O3S/c1-16-6-8-20(26-4)19(13-16)15-22-9-11-23(12-10-22)27(24,25)21-14-17(2)5-7-18(21)3/h5-8,13-14H,9-12,15H2,1-4H3/p+1. The molecule has 0 unspecified atom stereocenters. The fraction of sp³-hybridized carbons (Fsp3) is 0.429. The Hall–Kier alpha value is -1.89. The van der Waals surface area contributed by atoms with Crippen LogP contribution in [0, 0.1) is 20.8 Å². The Labute approximate surface area is 162 Å². The first-order valence-corrected chi connectivity index (χ1v) is 10.8. The van der Waals surface area contributed by atoms with Crippen LogP contribution in [-0.4, -0.2) is 46.0 Å². The summed E-state index contributed by atoms with van der Waals surface area (Å²) in [5.74, 6) is 0.901. The van der Waals surface area contributed by atoms with E-state index in [0.29, 0.717) is 18.0 Å². The Morgan fingerprint density at radius 2 is 1.63 bits per heavy atom. The van der Waals surface area contributed by atoms with Crippen LogP contribution in [0.5, 0.6) is 5.75 Å². The van der Waals surface area contributed by atoms with Crippen LogP contribution in [0.2, 0.25) is 0 Å². The molecule has 5 nitrogen and oxygen atoms in total. The lowest BCUT2D eigenvalue weighted by Crippen LogP contribution is -3.13. The summed E-state index contributed by atoms with van der Waals surface area (Å²) in [7, 11) is -1.74. The first kappa shape index (κ1) is 19.9. The summed E-state index contributed by atoms with van der Waals surface area (Å²) in [6.45, 7) is 9.38. The number of hydrogen-bond donors (Lipinski definition) is 1. The summed E-state index contributed by atoms with van der Waals surface area (Å²) in [6.07, 6.45) is 0. The summed E-state index contributed by atoms with van der Waals surface area (Å²) in [4.78, 5) is 1.82. The van der Waals surface area contributed by atoms with E-state index in [1.807, 2.05) is 38.1 Å². The van der Waals surface area contributed by atoms with E-state index in [1.54, 1.807) is 17.5 Å². The molecule has 1 saturated heterocycles. The minimum Gasteiger partial charge on any atom is -0.496 e.